The summed E-state index contributed by atoms with van der Waals surface area (Å²) in [6.45, 7) is 8.89. The van der Waals surface area contributed by atoms with Crippen molar-refractivity contribution >= 4 is 16.7 Å². The number of aryl methyl sites for hydroxylation is 1. The molecule has 0 aliphatic heterocycles. The number of hydrogen-bond acceptors (Lipinski definition) is 2. The molecule has 1 N–H and O–H groups in total. The molecule has 0 spiro atoms. The van der Waals surface area contributed by atoms with Crippen molar-refractivity contribution < 1.29 is 13.9 Å². The maximum absolute atomic E-state index is 13.3. The predicted octanol–water partition coefficient (Wildman–Crippen LogP) is 4.80. The van der Waals surface area contributed by atoms with Crippen LogP contribution in [0.2, 0.25) is 0 Å². The molecule has 4 heteroatoms. The minimum atomic E-state index is -0.695. The first-order valence-corrected chi connectivity index (χ1v) is 5.99. The number of halogens is 1. The Balaban J connectivity index is 2.33. The zero-order valence-corrected chi connectivity index (χ0v) is 10.6. The third-order valence-corrected chi connectivity index (χ3v) is 3.24. The summed E-state index contributed by atoms with van der Waals surface area (Å²) in [4.78, 5) is 3.36. The normalized spacial score (nSPS) is 10.7. The van der Waals surface area contributed by atoms with Crippen LogP contribution in [-0.4, -0.2) is 5.11 Å². The van der Waals surface area contributed by atoms with Gasteiger partial charge in [0.15, 0.2) is 5.69 Å². The first-order chi connectivity index (χ1) is 9.58. The van der Waals surface area contributed by atoms with E-state index in [1.54, 1.807) is 25.1 Å². The van der Waals surface area contributed by atoms with Gasteiger partial charge in [-0.2, -0.15) is 4.39 Å². The molecule has 1 aromatic heterocycles. The summed E-state index contributed by atoms with van der Waals surface area (Å²) >= 11 is 0. The quantitative estimate of drug-likeness (QED) is 0.643. The van der Waals surface area contributed by atoms with E-state index in [0.29, 0.717) is 27.8 Å². The molecule has 0 unspecified atom stereocenters. The summed E-state index contributed by atoms with van der Waals surface area (Å²) in [6, 6.07) is 8.95. The zero-order chi connectivity index (χ0) is 14.3. The Hall–Kier alpha value is -2.80. The molecule has 3 nitrogen and oxygen atoms in total. The lowest BCUT2D eigenvalue weighted by molar-refractivity contribution is 0.381. The Morgan fingerprint density at radius 2 is 2.00 bits per heavy atom. The zero-order valence-electron chi connectivity index (χ0n) is 10.6. The van der Waals surface area contributed by atoms with Crippen molar-refractivity contribution in [3.63, 3.8) is 0 Å². The van der Waals surface area contributed by atoms with E-state index in [1.807, 2.05) is 6.07 Å². The fourth-order valence-electron chi connectivity index (χ4n) is 2.17. The number of rotatable bonds is 1. The van der Waals surface area contributed by atoms with Crippen LogP contribution in [0.3, 0.4) is 0 Å². The second kappa shape index (κ2) is 4.39. The van der Waals surface area contributed by atoms with E-state index < -0.39 is 6.01 Å². The molecule has 0 fully saturated rings. The highest BCUT2D eigenvalue weighted by Crippen LogP contribution is 2.36. The summed E-state index contributed by atoms with van der Waals surface area (Å²) in [7, 11) is 0. The van der Waals surface area contributed by atoms with Gasteiger partial charge in [0.25, 0.3) is 6.01 Å². The van der Waals surface area contributed by atoms with Gasteiger partial charge in [0, 0.05) is 11.5 Å². The van der Waals surface area contributed by atoms with E-state index in [0.717, 1.165) is 5.56 Å². The van der Waals surface area contributed by atoms with Crippen molar-refractivity contribution in [3.05, 3.63) is 59.4 Å². The number of phenols is 1. The Labute approximate surface area is 114 Å². The smallest absolute Gasteiger partial charge is 0.278 e. The molecule has 0 atom stereocenters. The molecule has 1 heterocycles. The Bertz CT molecular complexity index is 859. The molecule has 3 aromatic rings. The SMILES string of the molecule is [C-]#[N+]c1cc(-c2ccc(C)c(O)c2)c2cc(F)oc2c1. The molecule has 0 saturated heterocycles. The largest absolute Gasteiger partial charge is 0.508 e. The van der Waals surface area contributed by atoms with Crippen molar-refractivity contribution in [2.45, 2.75) is 6.92 Å². The summed E-state index contributed by atoms with van der Waals surface area (Å²) in [5.74, 6) is 0.160. The minimum absolute atomic E-state index is 0.160. The average molecular weight is 267 g/mol. The van der Waals surface area contributed by atoms with Gasteiger partial charge in [-0.1, -0.05) is 12.1 Å². The number of benzene rings is 2. The van der Waals surface area contributed by atoms with Crippen molar-refractivity contribution in [3.8, 4) is 16.9 Å². The lowest BCUT2D eigenvalue weighted by Crippen LogP contribution is -1.81. The third-order valence-electron chi connectivity index (χ3n) is 3.24. The lowest BCUT2D eigenvalue weighted by Gasteiger charge is -2.06. The monoisotopic (exact) mass is 267 g/mol. The number of furan rings is 1. The van der Waals surface area contributed by atoms with Crippen molar-refractivity contribution in [1.82, 2.24) is 0 Å². The van der Waals surface area contributed by atoms with Gasteiger partial charge < -0.3 is 9.52 Å². The fraction of sp³-hybridized carbons (Fsp3) is 0.0625. The van der Waals surface area contributed by atoms with Crippen molar-refractivity contribution in [1.29, 1.82) is 0 Å². The summed E-state index contributed by atoms with van der Waals surface area (Å²) in [5.41, 5.74) is 2.82. The number of aromatic hydroxyl groups is 1. The van der Waals surface area contributed by atoms with Gasteiger partial charge in [-0.3, -0.25) is 0 Å². The lowest BCUT2D eigenvalue weighted by atomic mass is 9.99. The summed E-state index contributed by atoms with van der Waals surface area (Å²) < 4.78 is 18.3. The third kappa shape index (κ3) is 1.90. The molecule has 3 rings (SSSR count). The molecule has 0 bridgehead atoms. The highest BCUT2D eigenvalue weighted by atomic mass is 19.1. The van der Waals surface area contributed by atoms with Crippen LogP contribution in [0.15, 0.2) is 40.8 Å². The van der Waals surface area contributed by atoms with Crippen LogP contribution >= 0.6 is 0 Å². The van der Waals surface area contributed by atoms with E-state index in [9.17, 15) is 9.50 Å². The van der Waals surface area contributed by atoms with Crippen LogP contribution in [0.5, 0.6) is 5.75 Å². The van der Waals surface area contributed by atoms with Gasteiger partial charge in [-0.15, -0.1) is 0 Å². The van der Waals surface area contributed by atoms with Crippen molar-refractivity contribution in [2.75, 3.05) is 0 Å². The van der Waals surface area contributed by atoms with Crippen molar-refractivity contribution in [2.24, 2.45) is 0 Å². The van der Waals surface area contributed by atoms with Crippen LogP contribution in [-0.2, 0) is 0 Å². The van der Waals surface area contributed by atoms with Gasteiger partial charge in [-0.05, 0) is 41.8 Å². The van der Waals surface area contributed by atoms with Gasteiger partial charge in [-0.25, -0.2) is 4.85 Å². The molecule has 0 amide bonds. The van der Waals surface area contributed by atoms with E-state index in [-0.39, 0.29) is 5.75 Å². The second-order valence-electron chi connectivity index (χ2n) is 4.57. The molecule has 0 saturated carbocycles. The number of fused-ring (bicyclic) bond motifs is 1. The molecule has 0 aliphatic carbocycles. The standard InChI is InChI=1S/C16H10FNO2/c1-9-3-4-10(5-14(9)19)12-6-11(18-2)7-15-13(12)8-16(17)20-15/h3-8,19H,1H3. The topological polar surface area (TPSA) is 37.7 Å². The van der Waals surface area contributed by atoms with Crippen LogP contribution in [0.1, 0.15) is 5.56 Å². The Morgan fingerprint density at radius 3 is 2.70 bits per heavy atom. The highest BCUT2D eigenvalue weighted by molar-refractivity contribution is 5.97. The second-order valence-corrected chi connectivity index (χ2v) is 4.57. The van der Waals surface area contributed by atoms with Crippen LogP contribution < -0.4 is 0 Å². The van der Waals surface area contributed by atoms with E-state index in [2.05, 4.69) is 4.85 Å². The highest BCUT2D eigenvalue weighted by Gasteiger charge is 2.12. The first kappa shape index (κ1) is 12.2. The van der Waals surface area contributed by atoms with Crippen LogP contribution in [0.4, 0.5) is 10.1 Å². The first-order valence-electron chi connectivity index (χ1n) is 5.99. The molecule has 2 aromatic carbocycles. The fourth-order valence-corrected chi connectivity index (χ4v) is 2.17. The Morgan fingerprint density at radius 1 is 1.20 bits per heavy atom. The molecular formula is C16H10FNO2. The van der Waals surface area contributed by atoms with Gasteiger partial charge >= 0.3 is 0 Å². The minimum Gasteiger partial charge on any atom is -0.508 e. The van der Waals surface area contributed by atoms with E-state index >= 15 is 0 Å². The predicted molar refractivity (Wildman–Crippen MR) is 74.3 cm³/mol. The van der Waals surface area contributed by atoms with Crippen LogP contribution in [0.25, 0.3) is 26.9 Å². The average Bonchev–Trinajstić information content (AvgIpc) is 2.80. The molecular weight excluding hydrogens is 257 g/mol. The molecule has 0 radical (unpaired) electrons. The van der Waals surface area contributed by atoms with Gasteiger partial charge in [0.05, 0.1) is 6.57 Å². The van der Waals surface area contributed by atoms with Gasteiger partial charge in [0.2, 0.25) is 0 Å². The number of nitrogens with zero attached hydrogens (tertiary/aromatic N) is 1. The van der Waals surface area contributed by atoms with Crippen LogP contribution in [0, 0.1) is 19.5 Å². The maximum Gasteiger partial charge on any atom is 0.278 e. The molecule has 98 valence electrons. The van der Waals surface area contributed by atoms with E-state index in [4.69, 9.17) is 11.0 Å². The molecule has 20 heavy (non-hydrogen) atoms. The maximum atomic E-state index is 13.3. The Kier molecular flexibility index (Phi) is 2.69. The summed E-state index contributed by atoms with van der Waals surface area (Å²) in [6.07, 6.45) is 0. The van der Waals surface area contributed by atoms with E-state index in [1.165, 1.54) is 12.1 Å². The molecule has 0 aliphatic rings. The summed E-state index contributed by atoms with van der Waals surface area (Å²) in [5, 5.41) is 10.4. The number of hydrogen-bond donors (Lipinski definition) is 1. The van der Waals surface area contributed by atoms with Gasteiger partial charge in [0.1, 0.15) is 11.3 Å². The number of phenolic OH excluding ortho intramolecular Hbond substituents is 1.